The molecular formula is C32H25NO5. The molecule has 8 rings (SSSR count). The minimum absolute atomic E-state index is 0.136. The molecule has 4 aliphatic carbocycles. The molecule has 188 valence electrons. The maximum atomic E-state index is 13.4. The van der Waals surface area contributed by atoms with Crippen molar-refractivity contribution in [3.05, 3.63) is 102 Å². The van der Waals surface area contributed by atoms with Crippen LogP contribution in [0, 0.1) is 35.5 Å². The van der Waals surface area contributed by atoms with Gasteiger partial charge in [0.2, 0.25) is 11.8 Å². The highest BCUT2D eigenvalue weighted by atomic mass is 16.5. The first kappa shape index (κ1) is 22.8. The second-order valence-corrected chi connectivity index (χ2v) is 10.7. The van der Waals surface area contributed by atoms with Gasteiger partial charge in [0, 0.05) is 5.56 Å². The van der Waals surface area contributed by atoms with Gasteiger partial charge in [0.05, 0.1) is 23.1 Å². The van der Waals surface area contributed by atoms with Gasteiger partial charge in [-0.2, -0.15) is 0 Å². The topological polar surface area (TPSA) is 80.8 Å². The molecule has 0 radical (unpaired) electrons. The Kier molecular flexibility index (Phi) is 5.18. The molecule has 6 nitrogen and oxygen atoms in total. The van der Waals surface area contributed by atoms with Crippen LogP contribution in [-0.2, 0) is 14.3 Å². The Bertz CT molecular complexity index is 1470. The zero-order valence-electron chi connectivity index (χ0n) is 20.5. The molecule has 2 amide bonds. The summed E-state index contributed by atoms with van der Waals surface area (Å²) in [6.07, 6.45) is 5.37. The van der Waals surface area contributed by atoms with Gasteiger partial charge in [0.1, 0.15) is 0 Å². The van der Waals surface area contributed by atoms with E-state index < -0.39 is 12.6 Å². The van der Waals surface area contributed by atoms with Gasteiger partial charge in [0.15, 0.2) is 12.4 Å². The molecule has 1 aliphatic heterocycles. The number of amides is 2. The maximum absolute atomic E-state index is 13.4. The zero-order valence-corrected chi connectivity index (χ0v) is 20.5. The molecule has 0 aromatic heterocycles. The normalized spacial score (nSPS) is 28.2. The van der Waals surface area contributed by atoms with Crippen LogP contribution in [-0.4, -0.2) is 30.2 Å². The number of carbonyl (C=O) groups is 4. The first-order valence-corrected chi connectivity index (χ1v) is 13.0. The molecular weight excluding hydrogens is 478 g/mol. The molecule has 2 saturated carbocycles. The van der Waals surface area contributed by atoms with Crippen molar-refractivity contribution >= 4 is 29.3 Å². The Morgan fingerprint density at radius 3 is 2.03 bits per heavy atom. The highest BCUT2D eigenvalue weighted by Crippen LogP contribution is 2.65. The lowest BCUT2D eigenvalue weighted by molar-refractivity contribution is -0.124. The molecule has 6 heteroatoms. The van der Waals surface area contributed by atoms with Gasteiger partial charge < -0.3 is 4.74 Å². The lowest BCUT2D eigenvalue weighted by Gasteiger charge is -2.37. The number of benzene rings is 3. The average Bonchev–Trinajstić information content (AvgIpc) is 3.74. The third-order valence-corrected chi connectivity index (χ3v) is 8.65. The van der Waals surface area contributed by atoms with Gasteiger partial charge in [-0.1, -0.05) is 72.8 Å². The standard InChI is InChI=1S/C32H25NO5/c34-27(20-11-9-19(10-12-20)18-5-2-1-3-6-18)17-38-32(37)21-7-4-8-22(15-21)33-30(35)28-23-13-14-24(26-16-25(23)26)29(28)31(33)36/h1-15,23-26,28-29H,16-17H2/t23-,24-,25-,26+,28+,29+/m0/s1. The van der Waals surface area contributed by atoms with E-state index in [0.29, 0.717) is 23.1 Å². The average molecular weight is 504 g/mol. The quantitative estimate of drug-likeness (QED) is 0.206. The minimum Gasteiger partial charge on any atom is -0.454 e. The number of rotatable bonds is 6. The van der Waals surface area contributed by atoms with Crippen LogP contribution in [0.25, 0.3) is 11.1 Å². The molecule has 5 aliphatic rings. The molecule has 6 atom stereocenters. The van der Waals surface area contributed by atoms with Gasteiger partial charge in [-0.25, -0.2) is 9.69 Å². The van der Waals surface area contributed by atoms with E-state index in [-0.39, 0.29) is 46.8 Å². The number of imide groups is 1. The number of anilines is 1. The van der Waals surface area contributed by atoms with E-state index in [0.717, 1.165) is 17.5 Å². The molecule has 38 heavy (non-hydrogen) atoms. The van der Waals surface area contributed by atoms with E-state index in [4.69, 9.17) is 4.74 Å². The molecule has 1 saturated heterocycles. The number of allylic oxidation sites excluding steroid dienone is 2. The van der Waals surface area contributed by atoms with Gasteiger partial charge in [-0.3, -0.25) is 14.4 Å². The number of ketones is 1. The van der Waals surface area contributed by atoms with E-state index in [1.54, 1.807) is 30.3 Å². The monoisotopic (exact) mass is 503 g/mol. The SMILES string of the molecule is O=C(COC(=O)c1cccc(N2C(=O)[C@@H]3[C@H]4C=C[C@@H]([C@@H]5C[C@H]45)[C@H]3C2=O)c1)c1ccc(-c2ccccc2)cc1. The summed E-state index contributed by atoms with van der Waals surface area (Å²) in [5.41, 5.74) is 3.05. The number of hydrogen-bond donors (Lipinski definition) is 0. The predicted molar refractivity (Wildman–Crippen MR) is 140 cm³/mol. The minimum atomic E-state index is -0.680. The summed E-state index contributed by atoms with van der Waals surface area (Å²) in [5.74, 6) is -0.633. The van der Waals surface area contributed by atoms with Crippen LogP contribution in [0.4, 0.5) is 5.69 Å². The van der Waals surface area contributed by atoms with Crippen LogP contribution in [0.15, 0.2) is 91.0 Å². The van der Waals surface area contributed by atoms with Crippen molar-refractivity contribution in [2.24, 2.45) is 35.5 Å². The van der Waals surface area contributed by atoms with Gasteiger partial charge in [-0.15, -0.1) is 0 Å². The second kappa shape index (κ2) is 8.62. The van der Waals surface area contributed by atoms with Crippen molar-refractivity contribution < 1.29 is 23.9 Å². The van der Waals surface area contributed by atoms with Crippen LogP contribution in [0.5, 0.6) is 0 Å². The number of esters is 1. The van der Waals surface area contributed by atoms with E-state index in [9.17, 15) is 19.2 Å². The summed E-state index contributed by atoms with van der Waals surface area (Å²) in [6.45, 7) is -0.405. The number of Topliss-reactive ketones (excluding diaryl/α,β-unsaturated/α-hetero) is 1. The molecule has 0 N–H and O–H groups in total. The Morgan fingerprint density at radius 1 is 0.737 bits per heavy atom. The van der Waals surface area contributed by atoms with E-state index in [2.05, 4.69) is 12.2 Å². The summed E-state index contributed by atoms with van der Waals surface area (Å²) in [5, 5.41) is 0. The number of carbonyl (C=O) groups excluding carboxylic acids is 4. The van der Waals surface area contributed by atoms with Crippen molar-refractivity contribution in [1.29, 1.82) is 0 Å². The van der Waals surface area contributed by atoms with Gasteiger partial charge in [-0.05, 0) is 59.4 Å². The summed E-state index contributed by atoms with van der Waals surface area (Å²) in [7, 11) is 0. The molecule has 0 spiro atoms. The summed E-state index contributed by atoms with van der Waals surface area (Å²) in [4.78, 5) is 53.5. The number of hydrogen-bond acceptors (Lipinski definition) is 5. The van der Waals surface area contributed by atoms with Crippen LogP contribution in [0.3, 0.4) is 0 Å². The Hall–Kier alpha value is -4.32. The molecule has 1 heterocycles. The third-order valence-electron chi connectivity index (χ3n) is 8.65. The fourth-order valence-electron chi connectivity index (χ4n) is 6.76. The summed E-state index contributed by atoms with van der Waals surface area (Å²) >= 11 is 0. The first-order chi connectivity index (χ1) is 18.5. The van der Waals surface area contributed by atoms with Crippen molar-refractivity contribution in [3.8, 4) is 11.1 Å². The van der Waals surface area contributed by atoms with Crippen LogP contribution in [0.1, 0.15) is 27.1 Å². The third kappa shape index (κ3) is 3.55. The van der Waals surface area contributed by atoms with Crippen molar-refractivity contribution in [2.45, 2.75) is 6.42 Å². The lowest BCUT2D eigenvalue weighted by atomic mass is 9.63. The summed E-state index contributed by atoms with van der Waals surface area (Å²) < 4.78 is 5.30. The van der Waals surface area contributed by atoms with Gasteiger partial charge >= 0.3 is 5.97 Å². The Morgan fingerprint density at radius 2 is 1.37 bits per heavy atom. The molecule has 3 fully saturated rings. The second-order valence-electron chi connectivity index (χ2n) is 10.7. The lowest BCUT2D eigenvalue weighted by Crippen LogP contribution is -2.40. The van der Waals surface area contributed by atoms with E-state index in [1.807, 2.05) is 42.5 Å². The van der Waals surface area contributed by atoms with Gasteiger partial charge in [0.25, 0.3) is 0 Å². The molecule has 0 unspecified atom stereocenters. The Balaban J connectivity index is 1.03. The zero-order chi connectivity index (χ0) is 26.0. The predicted octanol–water partition coefficient (Wildman–Crippen LogP) is 4.95. The number of ether oxygens (including phenoxy) is 1. The number of nitrogens with zero attached hydrogens (tertiary/aromatic N) is 1. The molecule has 3 aromatic carbocycles. The van der Waals surface area contributed by atoms with Crippen molar-refractivity contribution in [1.82, 2.24) is 0 Å². The Labute approximate surface area is 219 Å². The van der Waals surface area contributed by atoms with Crippen LogP contribution in [0.2, 0.25) is 0 Å². The van der Waals surface area contributed by atoms with Crippen LogP contribution < -0.4 is 4.90 Å². The molecule has 2 bridgehead atoms. The van der Waals surface area contributed by atoms with Crippen LogP contribution >= 0.6 is 0 Å². The van der Waals surface area contributed by atoms with E-state index in [1.165, 1.54) is 11.0 Å². The smallest absolute Gasteiger partial charge is 0.338 e. The van der Waals surface area contributed by atoms with Crippen molar-refractivity contribution in [3.63, 3.8) is 0 Å². The fourth-order valence-corrected chi connectivity index (χ4v) is 6.76. The fraction of sp³-hybridized carbons (Fsp3) is 0.250. The van der Waals surface area contributed by atoms with Crippen molar-refractivity contribution in [2.75, 3.05) is 11.5 Å². The highest BCUT2D eigenvalue weighted by molar-refractivity contribution is 6.23. The van der Waals surface area contributed by atoms with E-state index >= 15 is 0 Å². The maximum Gasteiger partial charge on any atom is 0.338 e. The highest BCUT2D eigenvalue weighted by Gasteiger charge is 2.67. The first-order valence-electron chi connectivity index (χ1n) is 13.0. The summed E-state index contributed by atoms with van der Waals surface area (Å²) in [6, 6.07) is 23.4. The molecule has 3 aromatic rings. The largest absolute Gasteiger partial charge is 0.454 e.